The molecule has 0 aromatic heterocycles. The third kappa shape index (κ3) is 2.75. The van der Waals surface area contributed by atoms with Gasteiger partial charge in [-0.25, -0.2) is 0 Å². The molecule has 0 saturated carbocycles. The normalized spacial score (nSPS) is 13.4. The Balaban J connectivity index is 3.40. The molecule has 0 heterocycles. The molecule has 20 heavy (non-hydrogen) atoms. The SMILES string of the molecule is Cc1c(C(=O)C(F)(F)C(F)(F)F)cccc1C(F)(F)F. The second kappa shape index (κ2) is 4.71. The van der Waals surface area contributed by atoms with Gasteiger partial charge < -0.3 is 0 Å². The minimum absolute atomic E-state index is 0.484. The van der Waals surface area contributed by atoms with E-state index in [1.807, 2.05) is 0 Å². The summed E-state index contributed by atoms with van der Waals surface area (Å²) in [5.74, 6) is -8.46. The number of benzene rings is 1. The van der Waals surface area contributed by atoms with E-state index in [-0.39, 0.29) is 0 Å². The average Bonchev–Trinajstić information content (AvgIpc) is 2.25. The number of carbonyl (C=O) groups is 1. The maximum absolute atomic E-state index is 12.9. The number of carbonyl (C=O) groups excluding carboxylic acids is 1. The van der Waals surface area contributed by atoms with Gasteiger partial charge in [-0.05, 0) is 18.6 Å². The van der Waals surface area contributed by atoms with Crippen LogP contribution in [-0.2, 0) is 6.18 Å². The number of alkyl halides is 8. The van der Waals surface area contributed by atoms with Crippen LogP contribution >= 0.6 is 0 Å². The molecule has 0 atom stereocenters. The van der Waals surface area contributed by atoms with Gasteiger partial charge in [-0.3, -0.25) is 4.79 Å². The molecule has 0 aliphatic carbocycles. The van der Waals surface area contributed by atoms with Crippen molar-refractivity contribution < 1.29 is 39.9 Å². The first kappa shape index (κ1) is 16.4. The van der Waals surface area contributed by atoms with Crippen LogP contribution in [0.2, 0.25) is 0 Å². The van der Waals surface area contributed by atoms with Crippen molar-refractivity contribution in [3.8, 4) is 0 Å². The summed E-state index contributed by atoms with van der Waals surface area (Å²) in [4.78, 5) is 11.2. The van der Waals surface area contributed by atoms with Crippen molar-refractivity contribution in [3.63, 3.8) is 0 Å². The fourth-order valence-electron chi connectivity index (χ4n) is 1.49. The summed E-state index contributed by atoms with van der Waals surface area (Å²) in [5, 5.41) is 0. The topological polar surface area (TPSA) is 17.1 Å². The van der Waals surface area contributed by atoms with Crippen LogP contribution in [0.25, 0.3) is 0 Å². The van der Waals surface area contributed by atoms with E-state index in [4.69, 9.17) is 0 Å². The summed E-state index contributed by atoms with van der Waals surface area (Å²) in [6.45, 7) is 0.655. The lowest BCUT2D eigenvalue weighted by atomic mass is 9.96. The first-order chi connectivity index (χ1) is 8.80. The minimum Gasteiger partial charge on any atom is -0.287 e. The van der Waals surface area contributed by atoms with Crippen LogP contribution in [0.4, 0.5) is 35.1 Å². The van der Waals surface area contributed by atoms with Crippen LogP contribution in [-0.4, -0.2) is 17.9 Å². The monoisotopic (exact) mass is 306 g/mol. The lowest BCUT2D eigenvalue weighted by Gasteiger charge is -2.20. The fourth-order valence-corrected chi connectivity index (χ4v) is 1.49. The first-order valence-electron chi connectivity index (χ1n) is 4.96. The molecule has 0 aliphatic heterocycles. The number of rotatable bonds is 2. The molecule has 0 N–H and O–H groups in total. The van der Waals surface area contributed by atoms with Gasteiger partial charge >= 0.3 is 18.3 Å². The van der Waals surface area contributed by atoms with Gasteiger partial charge in [-0.2, -0.15) is 35.1 Å². The summed E-state index contributed by atoms with van der Waals surface area (Å²) >= 11 is 0. The molecule has 112 valence electrons. The van der Waals surface area contributed by atoms with E-state index in [0.29, 0.717) is 25.1 Å². The smallest absolute Gasteiger partial charge is 0.287 e. The van der Waals surface area contributed by atoms with Crippen molar-refractivity contribution in [1.29, 1.82) is 0 Å². The largest absolute Gasteiger partial charge is 0.461 e. The molecule has 1 rings (SSSR count). The van der Waals surface area contributed by atoms with E-state index in [2.05, 4.69) is 0 Å². The molecule has 1 aromatic carbocycles. The second-order valence-corrected chi connectivity index (χ2v) is 3.88. The third-order valence-corrected chi connectivity index (χ3v) is 2.53. The third-order valence-electron chi connectivity index (χ3n) is 2.53. The van der Waals surface area contributed by atoms with E-state index < -0.39 is 40.7 Å². The Bertz CT molecular complexity index is 526. The van der Waals surface area contributed by atoms with Gasteiger partial charge in [-0.1, -0.05) is 12.1 Å². The Labute approximate surface area is 107 Å². The van der Waals surface area contributed by atoms with Crippen molar-refractivity contribution >= 4 is 5.78 Å². The fraction of sp³-hybridized carbons (Fsp3) is 0.364. The van der Waals surface area contributed by atoms with E-state index in [9.17, 15) is 39.9 Å². The molecule has 0 bridgehead atoms. The maximum atomic E-state index is 12.9. The molecule has 1 aromatic rings. The van der Waals surface area contributed by atoms with Crippen molar-refractivity contribution in [1.82, 2.24) is 0 Å². The Morgan fingerprint density at radius 1 is 0.950 bits per heavy atom. The molecule has 0 saturated heterocycles. The van der Waals surface area contributed by atoms with E-state index in [1.165, 1.54) is 0 Å². The van der Waals surface area contributed by atoms with Crippen LogP contribution in [0.5, 0.6) is 0 Å². The summed E-state index contributed by atoms with van der Waals surface area (Å²) in [5.41, 5.74) is -3.74. The predicted molar refractivity (Wildman–Crippen MR) is 51.5 cm³/mol. The van der Waals surface area contributed by atoms with Gasteiger partial charge in [0.25, 0.3) is 0 Å². The van der Waals surface area contributed by atoms with Gasteiger partial charge in [0, 0.05) is 5.56 Å². The Morgan fingerprint density at radius 3 is 1.85 bits per heavy atom. The second-order valence-electron chi connectivity index (χ2n) is 3.88. The molecule has 0 spiro atoms. The summed E-state index contributed by atoms with van der Waals surface area (Å²) in [6, 6.07) is 1.57. The van der Waals surface area contributed by atoms with Crippen LogP contribution in [0.15, 0.2) is 18.2 Å². The highest BCUT2D eigenvalue weighted by Crippen LogP contribution is 2.40. The highest BCUT2D eigenvalue weighted by atomic mass is 19.4. The van der Waals surface area contributed by atoms with Gasteiger partial charge in [0.15, 0.2) is 0 Å². The zero-order valence-corrected chi connectivity index (χ0v) is 9.66. The highest BCUT2D eigenvalue weighted by Gasteiger charge is 2.63. The molecule has 0 aliphatic rings. The predicted octanol–water partition coefficient (Wildman–Crippen LogP) is 4.39. The molecule has 0 unspecified atom stereocenters. The number of ketones is 1. The molecular formula is C11H6F8O. The Kier molecular flexibility index (Phi) is 3.86. The van der Waals surface area contributed by atoms with E-state index >= 15 is 0 Å². The van der Waals surface area contributed by atoms with Crippen molar-refractivity contribution in [2.75, 3.05) is 0 Å². The molecular weight excluding hydrogens is 300 g/mol. The zero-order chi connectivity index (χ0) is 15.9. The van der Waals surface area contributed by atoms with E-state index in [1.54, 1.807) is 0 Å². The van der Waals surface area contributed by atoms with Crippen LogP contribution in [0.3, 0.4) is 0 Å². The van der Waals surface area contributed by atoms with Gasteiger partial charge in [0.1, 0.15) is 0 Å². The number of hydrogen-bond donors (Lipinski definition) is 0. The average molecular weight is 306 g/mol. The maximum Gasteiger partial charge on any atom is 0.461 e. The molecule has 0 amide bonds. The van der Waals surface area contributed by atoms with E-state index in [0.717, 1.165) is 0 Å². The molecule has 0 radical (unpaired) electrons. The highest BCUT2D eigenvalue weighted by molar-refractivity contribution is 6.03. The standard InChI is InChI=1S/C11H6F8O/c1-5-6(3-2-4-7(5)10(14,15)16)8(20)9(12,13)11(17,18)19/h2-4H,1H3. The van der Waals surface area contributed by atoms with Crippen LogP contribution in [0, 0.1) is 6.92 Å². The zero-order valence-electron chi connectivity index (χ0n) is 9.66. The lowest BCUT2D eigenvalue weighted by Crippen LogP contribution is -2.44. The molecule has 9 heteroatoms. The quantitative estimate of drug-likeness (QED) is 0.585. The van der Waals surface area contributed by atoms with Gasteiger partial charge in [0.05, 0.1) is 5.56 Å². The molecule has 0 fully saturated rings. The Hall–Kier alpha value is -1.67. The number of hydrogen-bond acceptors (Lipinski definition) is 1. The molecule has 1 nitrogen and oxygen atoms in total. The summed E-state index contributed by atoms with van der Waals surface area (Å²) in [7, 11) is 0. The van der Waals surface area contributed by atoms with Gasteiger partial charge in [0.2, 0.25) is 5.78 Å². The van der Waals surface area contributed by atoms with Crippen LogP contribution < -0.4 is 0 Å². The first-order valence-corrected chi connectivity index (χ1v) is 4.96. The van der Waals surface area contributed by atoms with Crippen molar-refractivity contribution in [2.24, 2.45) is 0 Å². The summed E-state index contributed by atoms with van der Waals surface area (Å²) in [6.07, 6.45) is -11.1. The number of halogens is 8. The number of Topliss-reactive ketones (excluding diaryl/α,β-unsaturated/α-hetero) is 1. The van der Waals surface area contributed by atoms with Crippen molar-refractivity contribution in [2.45, 2.75) is 25.2 Å². The van der Waals surface area contributed by atoms with Crippen molar-refractivity contribution in [3.05, 3.63) is 34.9 Å². The van der Waals surface area contributed by atoms with Crippen LogP contribution in [0.1, 0.15) is 21.5 Å². The summed E-state index contributed by atoms with van der Waals surface area (Å²) < 4.78 is 99.4. The minimum atomic E-state index is -6.18. The lowest BCUT2D eigenvalue weighted by molar-refractivity contribution is -0.255. The Morgan fingerprint density at radius 2 is 1.45 bits per heavy atom. The van der Waals surface area contributed by atoms with Gasteiger partial charge in [-0.15, -0.1) is 0 Å².